The first kappa shape index (κ1) is 12.3. The van der Waals surface area contributed by atoms with E-state index in [0.717, 1.165) is 16.9 Å². The Morgan fingerprint density at radius 1 is 1.39 bits per heavy atom. The van der Waals surface area contributed by atoms with Gasteiger partial charge in [0.1, 0.15) is 17.7 Å². The minimum absolute atomic E-state index is 0.0120. The maximum Gasteiger partial charge on any atom is 0.321 e. The zero-order valence-corrected chi connectivity index (χ0v) is 14.6. The highest BCUT2D eigenvalue weighted by Crippen LogP contribution is 2.23. The zero-order chi connectivity index (χ0) is 24.8. The number of carbonyl (C=O) groups excluding carboxylic acids is 1. The zero-order valence-electron chi connectivity index (χ0n) is 20.6. The van der Waals surface area contributed by atoms with Gasteiger partial charge in [0.2, 0.25) is 0 Å². The number of carbonyl (C=O) groups is 1. The third-order valence-electron chi connectivity index (χ3n) is 4.46. The van der Waals surface area contributed by atoms with E-state index in [1.165, 1.54) is 29.3 Å². The second-order valence-electron chi connectivity index (χ2n) is 6.44. The number of hydrogen-bond acceptors (Lipinski definition) is 4. The van der Waals surface area contributed by atoms with Crippen molar-refractivity contribution in [2.24, 2.45) is 0 Å². The molecule has 1 N–H and O–H groups in total. The van der Waals surface area contributed by atoms with Gasteiger partial charge in [0.15, 0.2) is 5.65 Å². The van der Waals surface area contributed by atoms with Crippen LogP contribution in [0.3, 0.4) is 0 Å². The molecule has 28 heavy (non-hydrogen) atoms. The first-order valence-corrected chi connectivity index (χ1v) is 8.48. The second kappa shape index (κ2) is 7.06. The Bertz CT molecular complexity index is 1220. The molecule has 7 nitrogen and oxygen atoms in total. The molecule has 9 heteroatoms. The summed E-state index contributed by atoms with van der Waals surface area (Å²) in [5, 5.41) is 7.04. The lowest BCUT2D eigenvalue weighted by Crippen LogP contribution is -2.33. The molecule has 0 unspecified atom stereocenters. The number of aromatic nitrogens is 3. The molecule has 4 rings (SSSR count). The number of pyridine rings is 1. The van der Waals surface area contributed by atoms with Crippen LogP contribution in [0.5, 0.6) is 0 Å². The summed E-state index contributed by atoms with van der Waals surface area (Å²) >= 11 is 0. The average molecular weight is 392 g/mol. The molecule has 1 atom stereocenters. The Morgan fingerprint density at radius 3 is 3.00 bits per heavy atom. The van der Waals surface area contributed by atoms with Gasteiger partial charge >= 0.3 is 6.03 Å². The molecule has 0 saturated carbocycles. The smallest absolute Gasteiger partial charge is 0.321 e. The van der Waals surface area contributed by atoms with Crippen molar-refractivity contribution in [2.45, 2.75) is 12.6 Å². The van der Waals surface area contributed by atoms with Crippen LogP contribution in [0, 0.1) is 5.82 Å². The highest BCUT2D eigenvalue weighted by Gasteiger charge is 2.26. The maximum absolute atomic E-state index is 14.6. The van der Waals surface area contributed by atoms with Crippen molar-refractivity contribution in [1.82, 2.24) is 19.7 Å². The molecule has 0 spiro atoms. The number of alkyl halides is 1. The van der Waals surface area contributed by atoms with Gasteiger partial charge in [-0.1, -0.05) is 0 Å². The standard InChI is InChI=1S/C19H20F2N6O/c1-25(2)15-7-12-10-27(24-18(12)22-9-15)17-8-14(3-4-16(17)21)23-19(28)26-6-5-13(20)11-26/h3-4,7-10,13H,5-6,11H2,1-2H3,(H,23,28)/t13-/m1/s1/i1D3,2D3. The van der Waals surface area contributed by atoms with Crippen LogP contribution in [0.1, 0.15) is 14.6 Å². The second-order valence-corrected chi connectivity index (χ2v) is 6.44. The molecule has 0 aliphatic carbocycles. The summed E-state index contributed by atoms with van der Waals surface area (Å²) in [5.74, 6) is -0.664. The Morgan fingerprint density at radius 2 is 2.25 bits per heavy atom. The van der Waals surface area contributed by atoms with Crippen molar-refractivity contribution in [3.63, 3.8) is 0 Å². The molecule has 0 radical (unpaired) electrons. The van der Waals surface area contributed by atoms with Gasteiger partial charge in [-0.15, -0.1) is 5.10 Å². The molecule has 2 amide bonds. The SMILES string of the molecule is [2H]C([2H])([2H])N(c1cnc2nn(-c3cc(NC(=O)N4CC[C@@H](F)C4)ccc3F)cc2c1)C([2H])([2H])[2H]. The summed E-state index contributed by atoms with van der Waals surface area (Å²) in [7, 11) is 0. The van der Waals surface area contributed by atoms with Crippen LogP contribution in [0.4, 0.5) is 25.0 Å². The molecule has 1 aromatic carbocycles. The first-order chi connectivity index (χ1) is 15.8. The number of nitrogens with one attached hydrogen (secondary N) is 1. The van der Waals surface area contributed by atoms with E-state index < -0.39 is 32.0 Å². The lowest BCUT2D eigenvalue weighted by molar-refractivity contribution is 0.218. The van der Waals surface area contributed by atoms with Crippen molar-refractivity contribution in [3.8, 4) is 5.69 Å². The number of likely N-dealkylation sites (tertiary alicyclic amines) is 1. The van der Waals surface area contributed by atoms with Crippen LogP contribution in [-0.2, 0) is 0 Å². The Hall–Kier alpha value is -3.23. The normalized spacial score (nSPS) is 20.6. The summed E-state index contributed by atoms with van der Waals surface area (Å²) in [4.78, 5) is 18.0. The summed E-state index contributed by atoms with van der Waals surface area (Å²) in [6.45, 7) is -5.63. The van der Waals surface area contributed by atoms with Crippen LogP contribution in [0.15, 0.2) is 36.7 Å². The number of nitrogens with zero attached hydrogens (tertiary/aromatic N) is 5. The van der Waals surface area contributed by atoms with Crippen LogP contribution in [-0.4, -0.2) is 58.9 Å². The van der Waals surface area contributed by atoms with Crippen molar-refractivity contribution < 1.29 is 21.8 Å². The molecule has 1 saturated heterocycles. The van der Waals surface area contributed by atoms with Crippen molar-refractivity contribution >= 4 is 28.4 Å². The first-order valence-electron chi connectivity index (χ1n) is 11.5. The van der Waals surface area contributed by atoms with Gasteiger partial charge in [-0.3, -0.25) is 0 Å². The molecule has 3 heterocycles. The molecule has 2 aromatic heterocycles. The number of hydrogen-bond donors (Lipinski definition) is 1. The number of urea groups is 1. The predicted molar refractivity (Wildman–Crippen MR) is 103 cm³/mol. The van der Waals surface area contributed by atoms with E-state index in [9.17, 15) is 13.6 Å². The fourth-order valence-corrected chi connectivity index (χ4v) is 3.02. The van der Waals surface area contributed by atoms with E-state index in [1.807, 2.05) is 0 Å². The van der Waals surface area contributed by atoms with E-state index in [2.05, 4.69) is 15.4 Å². The average Bonchev–Trinajstić information content (AvgIpc) is 3.33. The minimum Gasteiger partial charge on any atom is -0.376 e. The van der Waals surface area contributed by atoms with E-state index in [4.69, 9.17) is 8.22 Å². The number of benzene rings is 1. The molecule has 1 aliphatic heterocycles. The van der Waals surface area contributed by atoms with Gasteiger partial charge in [-0.2, -0.15) is 0 Å². The molecular formula is C19H20F2N6O. The van der Waals surface area contributed by atoms with Gasteiger partial charge in [0.25, 0.3) is 0 Å². The van der Waals surface area contributed by atoms with Gasteiger partial charge in [0, 0.05) is 46.0 Å². The predicted octanol–water partition coefficient (Wildman–Crippen LogP) is 3.20. The van der Waals surface area contributed by atoms with E-state index >= 15 is 0 Å². The van der Waals surface area contributed by atoms with Crippen molar-refractivity contribution in [3.05, 3.63) is 42.5 Å². The summed E-state index contributed by atoms with van der Waals surface area (Å²) in [6, 6.07) is 4.59. The lowest BCUT2D eigenvalue weighted by Gasteiger charge is -2.16. The summed E-state index contributed by atoms with van der Waals surface area (Å²) in [6.07, 6.45) is 1.62. The van der Waals surface area contributed by atoms with Crippen LogP contribution < -0.4 is 10.2 Å². The van der Waals surface area contributed by atoms with Crippen LogP contribution >= 0.6 is 0 Å². The number of fused-ring (bicyclic) bond motifs is 1. The molecule has 0 bridgehead atoms. The molecule has 1 aliphatic rings. The van der Waals surface area contributed by atoms with Gasteiger partial charge in [-0.05, 0) is 30.7 Å². The maximum atomic E-state index is 14.6. The van der Waals surface area contributed by atoms with E-state index in [1.54, 1.807) is 0 Å². The number of anilines is 2. The van der Waals surface area contributed by atoms with Gasteiger partial charge in [0.05, 0.1) is 18.4 Å². The highest BCUT2D eigenvalue weighted by molar-refractivity contribution is 5.90. The topological polar surface area (TPSA) is 66.3 Å². The fraction of sp³-hybridized carbons (Fsp3) is 0.316. The Balaban J connectivity index is 1.65. The third-order valence-corrected chi connectivity index (χ3v) is 4.46. The Kier molecular flexibility index (Phi) is 3.10. The molecule has 3 aromatic rings. The van der Waals surface area contributed by atoms with Gasteiger partial charge < -0.3 is 15.1 Å². The quantitative estimate of drug-likeness (QED) is 0.743. The molecule has 1 fully saturated rings. The molecule has 146 valence electrons. The van der Waals surface area contributed by atoms with Crippen LogP contribution in [0.25, 0.3) is 16.7 Å². The molecular weight excluding hydrogens is 366 g/mol. The van der Waals surface area contributed by atoms with Crippen LogP contribution in [0.2, 0.25) is 0 Å². The number of amides is 2. The third kappa shape index (κ3) is 3.47. The monoisotopic (exact) mass is 392 g/mol. The minimum atomic E-state index is -2.95. The lowest BCUT2D eigenvalue weighted by atomic mass is 10.2. The summed E-state index contributed by atoms with van der Waals surface area (Å²) in [5.41, 5.74) is 0.170. The number of rotatable bonds is 3. The van der Waals surface area contributed by atoms with Crippen molar-refractivity contribution in [2.75, 3.05) is 37.3 Å². The largest absolute Gasteiger partial charge is 0.376 e. The van der Waals surface area contributed by atoms with Gasteiger partial charge in [-0.25, -0.2) is 23.2 Å². The van der Waals surface area contributed by atoms with E-state index in [-0.39, 0.29) is 47.6 Å². The summed E-state index contributed by atoms with van der Waals surface area (Å²) < 4.78 is 74.4. The van der Waals surface area contributed by atoms with E-state index in [0.29, 0.717) is 4.90 Å². The fourth-order valence-electron chi connectivity index (χ4n) is 3.02. The van der Waals surface area contributed by atoms with Crippen molar-refractivity contribution in [1.29, 1.82) is 0 Å². The number of halogens is 2. The Labute approximate surface area is 169 Å². The highest BCUT2D eigenvalue weighted by atomic mass is 19.1.